The molecule has 1 atom stereocenters. The minimum Gasteiger partial charge on any atom is -0.485 e. The number of ether oxygens (including phenoxy) is 2. The molecule has 1 aromatic carbocycles. The second-order valence-electron chi connectivity index (χ2n) is 10.3. The second kappa shape index (κ2) is 18.6. The molecule has 1 aliphatic rings. The monoisotopic (exact) mass is 683 g/mol. The fraction of sp³-hybridized carbons (Fsp3) is 0.464. The summed E-state index contributed by atoms with van der Waals surface area (Å²) in [7, 11) is -4.25. The van der Waals surface area contributed by atoms with Crippen LogP contribution in [-0.4, -0.2) is 115 Å². The summed E-state index contributed by atoms with van der Waals surface area (Å²) >= 11 is 4.61. The summed E-state index contributed by atoms with van der Waals surface area (Å²) in [6.45, 7) is 1.86. The van der Waals surface area contributed by atoms with Gasteiger partial charge in [-0.3, -0.25) is 38.2 Å². The molecule has 4 N–H and O–H groups in total. The summed E-state index contributed by atoms with van der Waals surface area (Å²) in [4.78, 5) is 76.6. The molecule has 0 saturated carbocycles. The maximum Gasteiger partial charge on any atom is 0.267 e. The predicted octanol–water partition coefficient (Wildman–Crippen LogP) is -0.596. The quantitative estimate of drug-likeness (QED) is 0.0587. The molecule has 6 amide bonds. The Morgan fingerprint density at radius 3 is 2.26 bits per heavy atom. The van der Waals surface area contributed by atoms with Gasteiger partial charge in [0, 0.05) is 37.3 Å². The van der Waals surface area contributed by atoms with Gasteiger partial charge in [0.25, 0.3) is 21.9 Å². The zero-order chi connectivity index (χ0) is 34.3. The molecule has 0 spiro atoms. The van der Waals surface area contributed by atoms with Crippen LogP contribution in [0.25, 0.3) is 0 Å². The number of hydrogen-bond acceptors (Lipinski definition) is 11. The number of amides is 6. The lowest BCUT2D eigenvalue weighted by Gasteiger charge is -2.26. The molecule has 0 bridgehead atoms. The Morgan fingerprint density at radius 1 is 1.02 bits per heavy atom. The Balaban J connectivity index is 1.91. The molecule has 16 nitrogen and oxygen atoms in total. The maximum absolute atomic E-state index is 12.9. The predicted molar refractivity (Wildman–Crippen MR) is 168 cm³/mol. The lowest BCUT2D eigenvalue weighted by molar-refractivity contribution is -0.145. The molecule has 1 aliphatic heterocycles. The van der Waals surface area contributed by atoms with Gasteiger partial charge in [-0.15, -0.1) is 0 Å². The summed E-state index contributed by atoms with van der Waals surface area (Å²) in [6, 6.07) is 5.80. The third-order valence-corrected chi connectivity index (χ3v) is 7.21. The van der Waals surface area contributed by atoms with Gasteiger partial charge in [-0.05, 0) is 35.8 Å². The largest absolute Gasteiger partial charge is 0.485 e. The molecule has 1 unspecified atom stereocenters. The van der Waals surface area contributed by atoms with E-state index in [1.807, 2.05) is 0 Å². The third kappa shape index (κ3) is 13.8. The summed E-state index contributed by atoms with van der Waals surface area (Å²) in [6.07, 6.45) is 1.76. The molecule has 0 aliphatic carbocycles. The van der Waals surface area contributed by atoms with Crippen molar-refractivity contribution in [2.45, 2.75) is 32.9 Å². The van der Waals surface area contributed by atoms with Crippen molar-refractivity contribution in [1.29, 1.82) is 0 Å². The first-order valence-electron chi connectivity index (χ1n) is 14.1. The summed E-state index contributed by atoms with van der Waals surface area (Å²) < 4.78 is 40.8. The van der Waals surface area contributed by atoms with Crippen LogP contribution < -0.4 is 16.0 Å². The highest BCUT2D eigenvalue weighted by Crippen LogP contribution is 2.10. The summed E-state index contributed by atoms with van der Waals surface area (Å²) in [5, 5.41) is 7.73. The zero-order valence-electron chi connectivity index (χ0n) is 25.3. The smallest absolute Gasteiger partial charge is 0.267 e. The van der Waals surface area contributed by atoms with Crippen molar-refractivity contribution < 1.29 is 51.2 Å². The number of carbonyl (C=O) groups is 6. The number of carbonyl (C=O) groups excluding carboxylic acids is 6. The summed E-state index contributed by atoms with van der Waals surface area (Å²) in [5.74, 6) is -4.77. The Morgan fingerprint density at radius 2 is 1.67 bits per heavy atom. The SMILES string of the molecule is CC(C)C(NC(=O)CCN(CCOCCS(=O)(=O)O)C(=O)CN1C(=O)C=CC1=O)C(=O)NCC(=O)Nc1ccc(COC=S)cc1. The van der Waals surface area contributed by atoms with Crippen molar-refractivity contribution in [1.82, 2.24) is 20.4 Å². The van der Waals surface area contributed by atoms with Crippen molar-refractivity contribution in [3.63, 3.8) is 0 Å². The van der Waals surface area contributed by atoms with E-state index in [9.17, 15) is 37.2 Å². The number of imide groups is 1. The van der Waals surface area contributed by atoms with Crippen LogP contribution in [0.4, 0.5) is 5.69 Å². The normalized spacial score (nSPS) is 13.3. The van der Waals surface area contributed by atoms with Gasteiger partial charge in [0.15, 0.2) is 0 Å². The number of rotatable bonds is 20. The van der Waals surface area contributed by atoms with Crippen LogP contribution in [-0.2, 0) is 55.0 Å². The van der Waals surface area contributed by atoms with Crippen LogP contribution in [0.15, 0.2) is 36.4 Å². The molecule has 0 radical (unpaired) electrons. The van der Waals surface area contributed by atoms with Gasteiger partial charge in [0.05, 0.1) is 25.5 Å². The average molecular weight is 684 g/mol. The van der Waals surface area contributed by atoms with Crippen molar-refractivity contribution >= 4 is 69.0 Å². The van der Waals surface area contributed by atoms with Gasteiger partial charge in [-0.2, -0.15) is 8.42 Å². The molecule has 252 valence electrons. The fourth-order valence-electron chi connectivity index (χ4n) is 3.94. The van der Waals surface area contributed by atoms with Crippen LogP contribution in [0.5, 0.6) is 0 Å². The highest BCUT2D eigenvalue weighted by atomic mass is 32.2. The Labute approximate surface area is 271 Å². The van der Waals surface area contributed by atoms with E-state index in [0.29, 0.717) is 5.69 Å². The maximum atomic E-state index is 12.9. The molecule has 0 fully saturated rings. The van der Waals surface area contributed by atoms with E-state index in [4.69, 9.17) is 14.0 Å². The Kier molecular flexibility index (Phi) is 15.4. The van der Waals surface area contributed by atoms with Crippen LogP contribution in [0.3, 0.4) is 0 Å². The Bertz CT molecular complexity index is 1400. The van der Waals surface area contributed by atoms with Gasteiger partial charge in [0.1, 0.15) is 24.7 Å². The molecule has 46 heavy (non-hydrogen) atoms. The Hall–Kier alpha value is -4.26. The third-order valence-electron chi connectivity index (χ3n) is 6.39. The van der Waals surface area contributed by atoms with E-state index in [1.54, 1.807) is 38.1 Å². The topological polar surface area (TPSA) is 218 Å². The summed E-state index contributed by atoms with van der Waals surface area (Å²) in [5.41, 5.74) is 2.49. The van der Waals surface area contributed by atoms with Crippen LogP contribution in [0.2, 0.25) is 0 Å². The molecule has 2 rings (SSSR count). The van der Waals surface area contributed by atoms with Crippen LogP contribution in [0.1, 0.15) is 25.8 Å². The standard InChI is InChI=1S/C28H37N5O11S2/c1-19(2)27(28(39)29-15-23(35)30-21-5-3-20(4-6-21)17-44-18-45)31-22(34)9-10-32(11-12-43-13-14-46(40,41)42)26(38)16-33-24(36)7-8-25(33)37/h3-8,18-19,27H,9-17H2,1-2H3,(H,29,39)(H,30,35)(H,31,34)(H,40,41,42). The number of nitrogens with zero attached hydrogens (tertiary/aromatic N) is 2. The second-order valence-corrected chi connectivity index (χ2v) is 12.0. The van der Waals surface area contributed by atoms with Crippen molar-refractivity contribution in [2.75, 3.05) is 50.5 Å². The number of anilines is 1. The van der Waals surface area contributed by atoms with Crippen molar-refractivity contribution in [2.24, 2.45) is 5.92 Å². The van der Waals surface area contributed by atoms with Gasteiger partial charge in [-0.25, -0.2) is 0 Å². The number of hydrogen-bond donors (Lipinski definition) is 4. The fourth-order valence-corrected chi connectivity index (χ4v) is 4.34. The first-order valence-corrected chi connectivity index (χ1v) is 16.1. The number of benzene rings is 1. The molecule has 18 heteroatoms. The van der Waals surface area contributed by atoms with Gasteiger partial charge in [0.2, 0.25) is 23.6 Å². The lowest BCUT2D eigenvalue weighted by atomic mass is 10.0. The minimum absolute atomic E-state index is 0.131. The molecular formula is C28H37N5O11S2. The molecule has 1 aromatic rings. The van der Waals surface area contributed by atoms with Crippen LogP contribution >= 0.6 is 12.2 Å². The minimum atomic E-state index is -4.25. The highest BCUT2D eigenvalue weighted by molar-refractivity contribution is 7.85. The first kappa shape index (κ1) is 37.9. The van der Waals surface area contributed by atoms with Gasteiger partial charge < -0.3 is 30.3 Å². The van der Waals surface area contributed by atoms with E-state index in [0.717, 1.165) is 33.1 Å². The van der Waals surface area contributed by atoms with E-state index < -0.39 is 63.9 Å². The molecular weight excluding hydrogens is 646 g/mol. The molecule has 0 saturated heterocycles. The van der Waals surface area contributed by atoms with E-state index in [-0.39, 0.29) is 51.8 Å². The van der Waals surface area contributed by atoms with E-state index in [2.05, 4.69) is 28.2 Å². The number of nitrogens with one attached hydrogen (secondary N) is 3. The van der Waals surface area contributed by atoms with Gasteiger partial charge >= 0.3 is 0 Å². The van der Waals surface area contributed by atoms with E-state index in [1.165, 1.54) is 0 Å². The van der Waals surface area contributed by atoms with Crippen molar-refractivity contribution in [3.05, 3.63) is 42.0 Å². The lowest BCUT2D eigenvalue weighted by Crippen LogP contribution is -2.51. The molecule has 0 aromatic heterocycles. The number of thiocarbonyl (C=S) groups is 1. The first-order chi connectivity index (χ1) is 21.7. The van der Waals surface area contributed by atoms with Crippen LogP contribution in [0, 0.1) is 5.92 Å². The van der Waals surface area contributed by atoms with Crippen molar-refractivity contribution in [3.8, 4) is 0 Å². The van der Waals surface area contributed by atoms with Gasteiger partial charge in [-0.1, -0.05) is 26.0 Å². The zero-order valence-corrected chi connectivity index (χ0v) is 26.9. The highest BCUT2D eigenvalue weighted by Gasteiger charge is 2.29. The average Bonchev–Trinajstić information content (AvgIpc) is 3.30. The molecule has 1 heterocycles. The van der Waals surface area contributed by atoms with E-state index >= 15 is 0 Å².